The van der Waals surface area contributed by atoms with E-state index in [4.69, 9.17) is 9.84 Å². The number of carbonyl (C=O) groups excluding carboxylic acids is 1. The molecule has 3 N–H and O–H groups in total. The number of guanidine groups is 1. The molecule has 1 heterocycles. The fourth-order valence-electron chi connectivity index (χ4n) is 2.17. The van der Waals surface area contributed by atoms with Crippen molar-refractivity contribution in [2.45, 2.75) is 38.8 Å². The van der Waals surface area contributed by atoms with Gasteiger partial charge in [-0.1, -0.05) is 12.1 Å². The minimum Gasteiger partial charge on any atom is -0.478 e. The molecule has 7 nitrogen and oxygen atoms in total. The molecule has 124 valence electrons. The van der Waals surface area contributed by atoms with Gasteiger partial charge in [0.05, 0.1) is 11.6 Å². The predicted molar refractivity (Wildman–Crippen MR) is 85.6 cm³/mol. The van der Waals surface area contributed by atoms with Crippen molar-refractivity contribution >= 4 is 18.0 Å². The van der Waals surface area contributed by atoms with E-state index in [9.17, 15) is 9.59 Å². The van der Waals surface area contributed by atoms with Crippen molar-refractivity contribution in [1.82, 2.24) is 10.6 Å². The Morgan fingerprint density at radius 1 is 1.30 bits per heavy atom. The van der Waals surface area contributed by atoms with Crippen LogP contribution in [0.2, 0.25) is 0 Å². The van der Waals surface area contributed by atoms with Crippen molar-refractivity contribution in [3.05, 3.63) is 35.4 Å². The Bertz CT molecular complexity index is 617. The van der Waals surface area contributed by atoms with Crippen LogP contribution in [0.5, 0.6) is 0 Å². The van der Waals surface area contributed by atoms with Gasteiger partial charge in [-0.2, -0.15) is 0 Å². The Morgan fingerprint density at radius 3 is 2.52 bits per heavy atom. The Morgan fingerprint density at radius 2 is 1.96 bits per heavy atom. The fourth-order valence-corrected chi connectivity index (χ4v) is 2.17. The average Bonchev–Trinajstić information content (AvgIpc) is 2.45. The van der Waals surface area contributed by atoms with E-state index >= 15 is 0 Å². The zero-order valence-corrected chi connectivity index (χ0v) is 13.4. The van der Waals surface area contributed by atoms with Crippen molar-refractivity contribution in [2.24, 2.45) is 4.99 Å². The van der Waals surface area contributed by atoms with Crippen LogP contribution in [-0.2, 0) is 4.74 Å². The van der Waals surface area contributed by atoms with E-state index in [1.807, 2.05) is 0 Å². The number of nitrogens with zero attached hydrogens (tertiary/aromatic N) is 1. The van der Waals surface area contributed by atoms with Gasteiger partial charge < -0.3 is 15.2 Å². The van der Waals surface area contributed by atoms with Crippen LogP contribution in [0.4, 0.5) is 4.79 Å². The van der Waals surface area contributed by atoms with Gasteiger partial charge in [0.1, 0.15) is 5.60 Å². The SMILES string of the molecule is CC(C)(C)OC(=O)NC1=NCCC(c2ccc(C(=O)O)cc2)N1. The molecule has 1 aliphatic rings. The summed E-state index contributed by atoms with van der Waals surface area (Å²) in [5.41, 5.74) is 0.601. The van der Waals surface area contributed by atoms with Crippen LogP contribution in [0.1, 0.15) is 49.2 Å². The summed E-state index contributed by atoms with van der Waals surface area (Å²) >= 11 is 0. The molecule has 1 aromatic rings. The number of hydrogen-bond acceptors (Lipinski definition) is 5. The number of carboxylic acids is 1. The van der Waals surface area contributed by atoms with Crippen LogP contribution in [0.25, 0.3) is 0 Å². The lowest BCUT2D eigenvalue weighted by Crippen LogP contribution is -2.46. The van der Waals surface area contributed by atoms with Gasteiger partial charge in [0.2, 0.25) is 5.96 Å². The number of alkyl carbamates (subject to hydrolysis) is 1. The highest BCUT2D eigenvalue weighted by molar-refractivity contribution is 5.94. The summed E-state index contributed by atoms with van der Waals surface area (Å²) in [5, 5.41) is 14.6. The second-order valence-electron chi connectivity index (χ2n) is 6.27. The summed E-state index contributed by atoms with van der Waals surface area (Å²) in [6.07, 6.45) is 0.192. The predicted octanol–water partition coefficient (Wildman–Crippen LogP) is 2.30. The van der Waals surface area contributed by atoms with E-state index in [2.05, 4.69) is 15.6 Å². The molecule has 23 heavy (non-hydrogen) atoms. The van der Waals surface area contributed by atoms with Gasteiger partial charge in [0, 0.05) is 6.54 Å². The molecule has 0 saturated heterocycles. The number of aromatic carboxylic acids is 1. The van der Waals surface area contributed by atoms with Crippen molar-refractivity contribution in [1.29, 1.82) is 0 Å². The minimum absolute atomic E-state index is 0.0414. The zero-order valence-electron chi connectivity index (χ0n) is 13.4. The van der Waals surface area contributed by atoms with Crippen molar-refractivity contribution in [3.63, 3.8) is 0 Å². The number of carbonyl (C=O) groups is 2. The number of ether oxygens (including phenoxy) is 1. The maximum atomic E-state index is 11.8. The first-order chi connectivity index (χ1) is 10.7. The van der Waals surface area contributed by atoms with Gasteiger partial charge in [-0.05, 0) is 44.9 Å². The van der Waals surface area contributed by atoms with Gasteiger partial charge >= 0.3 is 12.1 Å². The molecule has 0 aliphatic carbocycles. The molecular weight excluding hydrogens is 298 g/mol. The summed E-state index contributed by atoms with van der Waals surface area (Å²) in [4.78, 5) is 26.9. The first-order valence-electron chi connectivity index (χ1n) is 7.39. The highest BCUT2D eigenvalue weighted by Crippen LogP contribution is 2.20. The lowest BCUT2D eigenvalue weighted by atomic mass is 10.0. The van der Waals surface area contributed by atoms with E-state index < -0.39 is 17.7 Å². The highest BCUT2D eigenvalue weighted by Gasteiger charge is 2.22. The van der Waals surface area contributed by atoms with Gasteiger partial charge in [0.25, 0.3) is 0 Å². The van der Waals surface area contributed by atoms with Crippen LogP contribution in [0.3, 0.4) is 0 Å². The smallest absolute Gasteiger partial charge is 0.414 e. The Hall–Kier alpha value is -2.57. The lowest BCUT2D eigenvalue weighted by molar-refractivity contribution is 0.0559. The molecule has 1 aliphatic heterocycles. The van der Waals surface area contributed by atoms with Gasteiger partial charge in [-0.15, -0.1) is 0 Å². The molecule has 2 rings (SSSR count). The maximum absolute atomic E-state index is 11.8. The second-order valence-corrected chi connectivity index (χ2v) is 6.27. The molecule has 1 aromatic carbocycles. The molecule has 0 spiro atoms. The summed E-state index contributed by atoms with van der Waals surface area (Å²) in [7, 11) is 0. The molecule has 0 radical (unpaired) electrons. The third-order valence-corrected chi connectivity index (χ3v) is 3.18. The summed E-state index contributed by atoms with van der Waals surface area (Å²) in [5.74, 6) is -0.597. The van der Waals surface area contributed by atoms with E-state index in [0.29, 0.717) is 12.5 Å². The van der Waals surface area contributed by atoms with E-state index in [0.717, 1.165) is 12.0 Å². The van der Waals surface area contributed by atoms with Crippen LogP contribution < -0.4 is 10.6 Å². The highest BCUT2D eigenvalue weighted by atomic mass is 16.6. The summed E-state index contributed by atoms with van der Waals surface area (Å²) in [6, 6.07) is 6.60. The molecule has 1 atom stereocenters. The fraction of sp³-hybridized carbons (Fsp3) is 0.438. The van der Waals surface area contributed by atoms with Crippen molar-refractivity contribution in [2.75, 3.05) is 6.54 Å². The van der Waals surface area contributed by atoms with Crippen LogP contribution >= 0.6 is 0 Å². The molecule has 7 heteroatoms. The van der Waals surface area contributed by atoms with Gasteiger partial charge in [-0.3, -0.25) is 10.3 Å². The number of hydrogen-bond donors (Lipinski definition) is 3. The lowest BCUT2D eigenvalue weighted by Gasteiger charge is -2.26. The zero-order chi connectivity index (χ0) is 17.0. The number of amides is 1. The third kappa shape index (κ3) is 4.98. The maximum Gasteiger partial charge on any atom is 0.414 e. The van der Waals surface area contributed by atoms with Crippen LogP contribution in [-0.4, -0.2) is 35.3 Å². The van der Waals surface area contributed by atoms with Gasteiger partial charge in [-0.25, -0.2) is 9.59 Å². The van der Waals surface area contributed by atoms with Crippen molar-refractivity contribution < 1.29 is 19.4 Å². The molecule has 0 aromatic heterocycles. The number of aliphatic imine (C=N–C) groups is 1. The second kappa shape index (κ2) is 6.68. The number of carboxylic acid groups (broad SMARTS) is 1. The van der Waals surface area contributed by atoms with E-state index in [1.165, 1.54) is 0 Å². The molecule has 1 amide bonds. The summed E-state index contributed by atoms with van der Waals surface area (Å²) < 4.78 is 5.19. The topological polar surface area (TPSA) is 100 Å². The first-order valence-corrected chi connectivity index (χ1v) is 7.39. The normalized spacial score (nSPS) is 17.7. The van der Waals surface area contributed by atoms with E-state index in [1.54, 1.807) is 45.0 Å². The van der Waals surface area contributed by atoms with E-state index in [-0.39, 0.29) is 11.6 Å². The number of rotatable bonds is 2. The monoisotopic (exact) mass is 319 g/mol. The van der Waals surface area contributed by atoms with Crippen LogP contribution in [0.15, 0.2) is 29.3 Å². The number of benzene rings is 1. The summed E-state index contributed by atoms with van der Waals surface area (Å²) in [6.45, 7) is 5.92. The quantitative estimate of drug-likeness (QED) is 0.776. The van der Waals surface area contributed by atoms with Gasteiger partial charge in [0.15, 0.2) is 0 Å². The number of nitrogens with one attached hydrogen (secondary N) is 2. The molecule has 0 fully saturated rings. The third-order valence-electron chi connectivity index (χ3n) is 3.18. The molecule has 1 unspecified atom stereocenters. The molecule has 0 saturated carbocycles. The minimum atomic E-state index is -0.956. The largest absolute Gasteiger partial charge is 0.478 e. The van der Waals surface area contributed by atoms with Crippen molar-refractivity contribution in [3.8, 4) is 0 Å². The first kappa shape index (κ1) is 16.8. The standard InChI is InChI=1S/C16H21N3O4/c1-16(2,3)23-15(22)19-14-17-9-8-12(18-14)10-4-6-11(7-5-10)13(20)21/h4-7,12H,8-9H2,1-3H3,(H,20,21)(H2,17,18,19,22). The van der Waals surface area contributed by atoms with Crippen LogP contribution in [0, 0.1) is 0 Å². The Balaban J connectivity index is 1.98. The Labute approximate surface area is 134 Å². The molecular formula is C16H21N3O4. The average molecular weight is 319 g/mol. The molecule has 0 bridgehead atoms. The Kier molecular flexibility index (Phi) is 4.88.